The van der Waals surface area contributed by atoms with E-state index in [1.807, 2.05) is 13.0 Å². The third-order valence-corrected chi connectivity index (χ3v) is 3.44. The lowest BCUT2D eigenvalue weighted by Crippen LogP contribution is -2.37. The molecule has 1 amide bonds. The number of carboxylic acid groups (broad SMARTS) is 1. The van der Waals surface area contributed by atoms with E-state index in [0.717, 1.165) is 25.7 Å². The zero-order valence-electron chi connectivity index (χ0n) is 12.1. The largest absolute Gasteiger partial charge is 0.479 e. The van der Waals surface area contributed by atoms with Gasteiger partial charge in [-0.15, -0.1) is 0 Å². The Hall–Kier alpha value is -1.84. The molecule has 1 aromatic rings. The Kier molecular flexibility index (Phi) is 6.77. The fourth-order valence-electron chi connectivity index (χ4n) is 2.16. The lowest BCUT2D eigenvalue weighted by molar-refractivity contribution is -0.142. The molecule has 1 rings (SSSR count). The van der Waals surface area contributed by atoms with E-state index in [4.69, 9.17) is 0 Å². The molecule has 0 aliphatic heterocycles. The predicted molar refractivity (Wildman–Crippen MR) is 78.3 cm³/mol. The van der Waals surface area contributed by atoms with E-state index in [-0.39, 0.29) is 11.8 Å². The normalized spacial score (nSPS) is 13.5. The molecule has 0 saturated heterocycles. The summed E-state index contributed by atoms with van der Waals surface area (Å²) in [5.74, 6) is -1.31. The Morgan fingerprint density at radius 3 is 2.35 bits per heavy atom. The number of unbranched alkanes of at least 4 members (excludes halogenated alkanes) is 1. The molecule has 1 aromatic carbocycles. The van der Waals surface area contributed by atoms with Crippen LogP contribution >= 0.6 is 0 Å². The second-order valence-electron chi connectivity index (χ2n) is 4.94. The van der Waals surface area contributed by atoms with E-state index in [9.17, 15) is 14.7 Å². The number of hydrogen-bond donors (Lipinski definition) is 2. The Bertz CT molecular complexity index is 431. The van der Waals surface area contributed by atoms with Crippen molar-refractivity contribution >= 4 is 11.9 Å². The second kappa shape index (κ2) is 8.35. The van der Waals surface area contributed by atoms with Crippen LogP contribution in [0.2, 0.25) is 0 Å². The molecule has 2 atom stereocenters. The van der Waals surface area contributed by atoms with Crippen molar-refractivity contribution in [3.8, 4) is 0 Å². The predicted octanol–water partition coefficient (Wildman–Crippen LogP) is 3.14. The van der Waals surface area contributed by atoms with Crippen molar-refractivity contribution in [2.45, 2.75) is 45.6 Å². The van der Waals surface area contributed by atoms with Crippen molar-refractivity contribution in [2.75, 3.05) is 0 Å². The summed E-state index contributed by atoms with van der Waals surface area (Å²) in [5, 5.41) is 11.9. The summed E-state index contributed by atoms with van der Waals surface area (Å²) < 4.78 is 0. The summed E-state index contributed by atoms with van der Waals surface area (Å²) in [7, 11) is 0. The number of rotatable bonds is 8. The minimum absolute atomic E-state index is 0.111. The zero-order valence-corrected chi connectivity index (χ0v) is 12.1. The monoisotopic (exact) mass is 277 g/mol. The van der Waals surface area contributed by atoms with Crippen LogP contribution in [-0.2, 0) is 9.59 Å². The van der Waals surface area contributed by atoms with E-state index in [2.05, 4.69) is 12.2 Å². The highest BCUT2D eigenvalue weighted by atomic mass is 16.4. The van der Waals surface area contributed by atoms with E-state index >= 15 is 0 Å². The van der Waals surface area contributed by atoms with Gasteiger partial charge in [-0.1, -0.05) is 57.0 Å². The first-order valence-corrected chi connectivity index (χ1v) is 7.18. The molecule has 4 nitrogen and oxygen atoms in total. The highest BCUT2D eigenvalue weighted by molar-refractivity contribution is 5.85. The van der Waals surface area contributed by atoms with Crippen molar-refractivity contribution in [1.82, 2.24) is 5.32 Å². The lowest BCUT2D eigenvalue weighted by atomic mass is 9.97. The van der Waals surface area contributed by atoms with E-state index in [1.54, 1.807) is 24.3 Å². The minimum atomic E-state index is -1.03. The van der Waals surface area contributed by atoms with E-state index in [0.29, 0.717) is 5.56 Å². The molecule has 0 saturated carbocycles. The molecule has 0 aliphatic carbocycles. The van der Waals surface area contributed by atoms with Crippen molar-refractivity contribution in [3.05, 3.63) is 35.9 Å². The minimum Gasteiger partial charge on any atom is -0.479 e. The van der Waals surface area contributed by atoms with Gasteiger partial charge in [-0.3, -0.25) is 4.79 Å². The van der Waals surface area contributed by atoms with Gasteiger partial charge in [0, 0.05) is 5.92 Å². The molecule has 4 heteroatoms. The molecule has 20 heavy (non-hydrogen) atoms. The smallest absolute Gasteiger partial charge is 0.330 e. The molecule has 0 fully saturated rings. The maximum Gasteiger partial charge on any atom is 0.330 e. The Morgan fingerprint density at radius 2 is 1.85 bits per heavy atom. The molecule has 0 spiro atoms. The third-order valence-electron chi connectivity index (χ3n) is 3.44. The van der Waals surface area contributed by atoms with Gasteiger partial charge in [-0.2, -0.15) is 0 Å². The SMILES string of the molecule is CCCCC(CC)C(=O)N[C@H](C(=O)O)c1ccccc1. The van der Waals surface area contributed by atoms with Crippen LogP contribution in [0.5, 0.6) is 0 Å². The first kappa shape index (κ1) is 16.2. The standard InChI is InChI=1S/C16H23NO3/c1-3-5-9-12(4-2)15(18)17-14(16(19)20)13-10-7-6-8-11-13/h6-8,10-12,14H,3-5,9H2,1-2H3,(H,17,18)(H,19,20)/t12?,14-/m0/s1. The van der Waals surface area contributed by atoms with Gasteiger partial charge in [-0.25, -0.2) is 4.79 Å². The molecule has 0 aliphatic rings. The first-order chi connectivity index (χ1) is 9.60. The zero-order chi connectivity index (χ0) is 15.0. The van der Waals surface area contributed by atoms with Gasteiger partial charge in [0.15, 0.2) is 6.04 Å². The van der Waals surface area contributed by atoms with Crippen molar-refractivity contribution < 1.29 is 14.7 Å². The third kappa shape index (κ3) is 4.68. The van der Waals surface area contributed by atoms with Crippen LogP contribution < -0.4 is 5.32 Å². The molecule has 0 radical (unpaired) electrons. The van der Waals surface area contributed by atoms with Crippen molar-refractivity contribution in [1.29, 1.82) is 0 Å². The molecular weight excluding hydrogens is 254 g/mol. The van der Waals surface area contributed by atoms with Crippen LogP contribution in [0, 0.1) is 5.92 Å². The van der Waals surface area contributed by atoms with Crippen LogP contribution in [0.4, 0.5) is 0 Å². The average Bonchev–Trinajstić information content (AvgIpc) is 2.46. The number of carboxylic acids is 1. The Morgan fingerprint density at radius 1 is 1.20 bits per heavy atom. The molecule has 110 valence electrons. The summed E-state index contributed by atoms with van der Waals surface area (Å²) >= 11 is 0. The summed E-state index contributed by atoms with van der Waals surface area (Å²) in [6.07, 6.45) is 3.55. The summed E-state index contributed by atoms with van der Waals surface area (Å²) in [5.41, 5.74) is 0.596. The highest BCUT2D eigenvalue weighted by Gasteiger charge is 2.25. The van der Waals surface area contributed by atoms with Gasteiger partial charge in [0.25, 0.3) is 0 Å². The van der Waals surface area contributed by atoms with Crippen molar-refractivity contribution in [3.63, 3.8) is 0 Å². The average molecular weight is 277 g/mol. The van der Waals surface area contributed by atoms with Crippen LogP contribution in [0.3, 0.4) is 0 Å². The number of benzene rings is 1. The van der Waals surface area contributed by atoms with Gasteiger partial charge in [0.1, 0.15) is 0 Å². The quantitative estimate of drug-likeness (QED) is 0.767. The highest BCUT2D eigenvalue weighted by Crippen LogP contribution is 2.17. The van der Waals surface area contributed by atoms with Crippen LogP contribution in [0.15, 0.2) is 30.3 Å². The number of aliphatic carboxylic acids is 1. The Balaban J connectivity index is 2.75. The van der Waals surface area contributed by atoms with Gasteiger partial charge >= 0.3 is 5.97 Å². The molecule has 0 bridgehead atoms. The fraction of sp³-hybridized carbons (Fsp3) is 0.500. The van der Waals surface area contributed by atoms with Crippen molar-refractivity contribution in [2.24, 2.45) is 5.92 Å². The number of carbonyl (C=O) groups excluding carboxylic acids is 1. The maximum atomic E-state index is 12.2. The summed E-state index contributed by atoms with van der Waals surface area (Å²) in [6, 6.07) is 7.81. The van der Waals surface area contributed by atoms with Crippen LogP contribution in [-0.4, -0.2) is 17.0 Å². The summed E-state index contributed by atoms with van der Waals surface area (Å²) in [4.78, 5) is 23.5. The van der Waals surface area contributed by atoms with Gasteiger partial charge < -0.3 is 10.4 Å². The van der Waals surface area contributed by atoms with E-state index < -0.39 is 12.0 Å². The summed E-state index contributed by atoms with van der Waals surface area (Å²) in [6.45, 7) is 4.03. The lowest BCUT2D eigenvalue weighted by Gasteiger charge is -2.19. The fourth-order valence-corrected chi connectivity index (χ4v) is 2.16. The molecule has 1 unspecified atom stereocenters. The van der Waals surface area contributed by atoms with Crippen LogP contribution in [0.1, 0.15) is 51.1 Å². The topological polar surface area (TPSA) is 66.4 Å². The first-order valence-electron chi connectivity index (χ1n) is 7.18. The van der Waals surface area contributed by atoms with Gasteiger partial charge in [0.05, 0.1) is 0 Å². The number of hydrogen-bond acceptors (Lipinski definition) is 2. The molecule has 2 N–H and O–H groups in total. The maximum absolute atomic E-state index is 12.2. The molecule has 0 heterocycles. The van der Waals surface area contributed by atoms with Gasteiger partial charge in [-0.05, 0) is 18.4 Å². The second-order valence-corrected chi connectivity index (χ2v) is 4.94. The molecule has 0 aromatic heterocycles. The number of amides is 1. The number of carbonyl (C=O) groups is 2. The van der Waals surface area contributed by atoms with E-state index in [1.165, 1.54) is 0 Å². The Labute approximate surface area is 120 Å². The van der Waals surface area contributed by atoms with Crippen LogP contribution in [0.25, 0.3) is 0 Å². The van der Waals surface area contributed by atoms with Gasteiger partial charge in [0.2, 0.25) is 5.91 Å². The molecular formula is C16H23NO3. The number of nitrogens with one attached hydrogen (secondary N) is 1.